The topological polar surface area (TPSA) is 42.0 Å². The zero-order chi connectivity index (χ0) is 13.0. The van der Waals surface area contributed by atoms with Gasteiger partial charge in [0.25, 0.3) is 0 Å². The fourth-order valence-corrected chi connectivity index (χ4v) is 2.72. The molecular weight excluding hydrogens is 244 g/mol. The Kier molecular flexibility index (Phi) is 4.44. The monoisotopic (exact) mass is 262 g/mol. The number of aromatic nitrogens is 1. The number of nitrogens with one attached hydrogen (secondary N) is 1. The van der Waals surface area contributed by atoms with Crippen LogP contribution in [0.1, 0.15) is 12.6 Å². The molecule has 1 aromatic heterocycles. The molecule has 0 fully saturated rings. The Bertz CT molecular complexity index is 556. The summed E-state index contributed by atoms with van der Waals surface area (Å²) in [7, 11) is -0.759. The lowest BCUT2D eigenvalue weighted by Gasteiger charge is -2.12. The van der Waals surface area contributed by atoms with Gasteiger partial charge in [0.2, 0.25) is 0 Å². The van der Waals surface area contributed by atoms with Crippen LogP contribution in [0.25, 0.3) is 10.9 Å². The number of hydrogen-bond acceptors (Lipinski definition) is 3. The minimum Gasteiger partial charge on any atom is -0.308 e. The Balaban J connectivity index is 2.01. The van der Waals surface area contributed by atoms with Crippen molar-refractivity contribution in [2.24, 2.45) is 0 Å². The lowest BCUT2D eigenvalue weighted by molar-refractivity contribution is 0.581. The van der Waals surface area contributed by atoms with Crippen LogP contribution in [-0.4, -0.2) is 27.2 Å². The lowest BCUT2D eigenvalue weighted by Crippen LogP contribution is -2.30. The van der Waals surface area contributed by atoms with Crippen molar-refractivity contribution in [1.29, 1.82) is 0 Å². The van der Waals surface area contributed by atoms with E-state index in [1.807, 2.05) is 31.2 Å². The van der Waals surface area contributed by atoms with Crippen molar-refractivity contribution < 1.29 is 4.21 Å². The molecule has 1 heterocycles. The maximum Gasteiger partial charge on any atom is 0.0705 e. The number of hydrogen-bond donors (Lipinski definition) is 1. The second-order valence-corrected chi connectivity index (χ2v) is 6.00. The molecule has 2 unspecified atom stereocenters. The van der Waals surface area contributed by atoms with E-state index in [-0.39, 0.29) is 6.04 Å². The van der Waals surface area contributed by atoms with Gasteiger partial charge >= 0.3 is 0 Å². The summed E-state index contributed by atoms with van der Waals surface area (Å²) in [5.41, 5.74) is 2.03. The smallest absolute Gasteiger partial charge is 0.0705 e. The predicted octanol–water partition coefficient (Wildman–Crippen LogP) is 2.09. The summed E-state index contributed by atoms with van der Waals surface area (Å²) >= 11 is 0. The van der Waals surface area contributed by atoms with Crippen LogP contribution in [-0.2, 0) is 17.3 Å². The van der Waals surface area contributed by atoms with E-state index < -0.39 is 10.8 Å². The first kappa shape index (κ1) is 13.2. The SMILES string of the molecule is CC(CS(C)=O)NCc1ccc2ccccc2n1. The molecule has 0 spiro atoms. The quantitative estimate of drug-likeness (QED) is 0.897. The van der Waals surface area contributed by atoms with Crippen molar-refractivity contribution in [3.05, 3.63) is 42.1 Å². The highest BCUT2D eigenvalue weighted by Crippen LogP contribution is 2.11. The van der Waals surface area contributed by atoms with Gasteiger partial charge in [0, 0.05) is 40.8 Å². The molecule has 0 aliphatic carbocycles. The van der Waals surface area contributed by atoms with Gasteiger partial charge in [-0.15, -0.1) is 0 Å². The fraction of sp³-hybridized carbons (Fsp3) is 0.357. The van der Waals surface area contributed by atoms with Gasteiger partial charge in [-0.1, -0.05) is 24.3 Å². The third-order valence-corrected chi connectivity index (χ3v) is 3.74. The first-order valence-corrected chi connectivity index (χ1v) is 7.76. The largest absolute Gasteiger partial charge is 0.308 e. The highest BCUT2D eigenvalue weighted by molar-refractivity contribution is 7.84. The highest BCUT2D eigenvalue weighted by atomic mass is 32.2. The predicted molar refractivity (Wildman–Crippen MR) is 77.0 cm³/mol. The van der Waals surface area contributed by atoms with E-state index in [1.54, 1.807) is 6.26 Å². The maximum atomic E-state index is 11.1. The molecule has 0 radical (unpaired) electrons. The van der Waals surface area contributed by atoms with Crippen molar-refractivity contribution >= 4 is 21.7 Å². The molecule has 2 atom stereocenters. The second kappa shape index (κ2) is 6.07. The Morgan fingerprint density at radius 1 is 1.28 bits per heavy atom. The van der Waals surface area contributed by atoms with Crippen LogP contribution in [0.15, 0.2) is 36.4 Å². The van der Waals surface area contributed by atoms with Crippen molar-refractivity contribution in [2.45, 2.75) is 19.5 Å². The van der Waals surface area contributed by atoms with Crippen molar-refractivity contribution in [3.8, 4) is 0 Å². The highest BCUT2D eigenvalue weighted by Gasteiger charge is 2.04. The normalized spacial score (nSPS) is 14.6. The standard InChI is InChI=1S/C14H18N2OS/c1-11(10-18(2)17)15-9-13-8-7-12-5-3-4-6-14(12)16-13/h3-8,11,15H,9-10H2,1-2H3. The van der Waals surface area contributed by atoms with Crippen molar-refractivity contribution in [1.82, 2.24) is 10.3 Å². The van der Waals surface area contributed by atoms with Crippen LogP contribution >= 0.6 is 0 Å². The van der Waals surface area contributed by atoms with Gasteiger partial charge < -0.3 is 5.32 Å². The molecule has 96 valence electrons. The summed E-state index contributed by atoms with van der Waals surface area (Å²) in [6.07, 6.45) is 1.73. The molecule has 4 heteroatoms. The number of rotatable bonds is 5. The average molecular weight is 262 g/mol. The van der Waals surface area contributed by atoms with E-state index in [2.05, 4.69) is 22.4 Å². The molecule has 0 amide bonds. The van der Waals surface area contributed by atoms with Gasteiger partial charge in [-0.2, -0.15) is 0 Å². The third-order valence-electron chi connectivity index (χ3n) is 2.77. The first-order valence-electron chi connectivity index (χ1n) is 6.03. The zero-order valence-electron chi connectivity index (χ0n) is 10.7. The van der Waals surface area contributed by atoms with Gasteiger partial charge in [-0.3, -0.25) is 9.19 Å². The minimum atomic E-state index is -0.759. The molecule has 0 saturated heterocycles. The molecule has 18 heavy (non-hydrogen) atoms. The number of nitrogens with zero attached hydrogens (tertiary/aromatic N) is 1. The molecule has 2 rings (SSSR count). The van der Waals surface area contributed by atoms with Crippen LogP contribution in [0.5, 0.6) is 0 Å². The van der Waals surface area contributed by atoms with Gasteiger partial charge in [0.1, 0.15) is 0 Å². The molecule has 1 aromatic carbocycles. The minimum absolute atomic E-state index is 0.240. The van der Waals surface area contributed by atoms with E-state index in [0.29, 0.717) is 12.3 Å². The molecule has 0 saturated carbocycles. The molecular formula is C14H18N2OS. The van der Waals surface area contributed by atoms with E-state index in [9.17, 15) is 4.21 Å². The van der Waals surface area contributed by atoms with E-state index >= 15 is 0 Å². The fourth-order valence-electron chi connectivity index (χ4n) is 1.90. The molecule has 1 N–H and O–H groups in total. The average Bonchev–Trinajstić information content (AvgIpc) is 2.35. The molecule has 2 aromatic rings. The third kappa shape index (κ3) is 3.62. The van der Waals surface area contributed by atoms with Gasteiger partial charge in [-0.05, 0) is 19.1 Å². The van der Waals surface area contributed by atoms with Crippen LogP contribution in [0.3, 0.4) is 0 Å². The molecule has 0 aliphatic heterocycles. The molecule has 0 aliphatic rings. The van der Waals surface area contributed by atoms with E-state index in [0.717, 1.165) is 16.6 Å². The van der Waals surface area contributed by atoms with Gasteiger partial charge in [0.05, 0.1) is 11.2 Å². The van der Waals surface area contributed by atoms with E-state index in [1.165, 1.54) is 0 Å². The summed E-state index contributed by atoms with van der Waals surface area (Å²) in [4.78, 5) is 4.59. The molecule has 0 bridgehead atoms. The Morgan fingerprint density at radius 2 is 2.06 bits per heavy atom. The van der Waals surface area contributed by atoms with Crippen LogP contribution in [0.2, 0.25) is 0 Å². The Morgan fingerprint density at radius 3 is 2.83 bits per heavy atom. The maximum absolute atomic E-state index is 11.1. The van der Waals surface area contributed by atoms with Crippen molar-refractivity contribution in [2.75, 3.05) is 12.0 Å². The van der Waals surface area contributed by atoms with Crippen molar-refractivity contribution in [3.63, 3.8) is 0 Å². The van der Waals surface area contributed by atoms with E-state index in [4.69, 9.17) is 0 Å². The van der Waals surface area contributed by atoms with Crippen LogP contribution < -0.4 is 5.32 Å². The Hall–Kier alpha value is -1.26. The van der Waals surface area contributed by atoms with Crippen LogP contribution in [0.4, 0.5) is 0 Å². The summed E-state index contributed by atoms with van der Waals surface area (Å²) in [5.74, 6) is 0.674. The van der Waals surface area contributed by atoms with Gasteiger partial charge in [0.15, 0.2) is 0 Å². The summed E-state index contributed by atoms with van der Waals surface area (Å²) in [5, 5.41) is 4.50. The zero-order valence-corrected chi connectivity index (χ0v) is 11.5. The summed E-state index contributed by atoms with van der Waals surface area (Å²) < 4.78 is 11.1. The summed E-state index contributed by atoms with van der Waals surface area (Å²) in [6.45, 7) is 2.76. The lowest BCUT2D eigenvalue weighted by atomic mass is 10.2. The number of para-hydroxylation sites is 1. The number of pyridine rings is 1. The second-order valence-electron chi connectivity index (χ2n) is 4.52. The Labute approximate surface area is 110 Å². The number of fused-ring (bicyclic) bond motifs is 1. The number of benzene rings is 1. The van der Waals surface area contributed by atoms with Crippen LogP contribution in [0, 0.1) is 0 Å². The van der Waals surface area contributed by atoms with Gasteiger partial charge in [-0.25, -0.2) is 0 Å². The molecule has 3 nitrogen and oxygen atoms in total. The first-order chi connectivity index (χ1) is 8.65. The summed E-state index contributed by atoms with van der Waals surface area (Å²) in [6, 6.07) is 12.4.